The van der Waals surface area contributed by atoms with E-state index in [1.165, 1.54) is 12.1 Å². The molecular weight excluding hydrogens is 487 g/mol. The van der Waals surface area contributed by atoms with Crippen LogP contribution in [0, 0.1) is 5.82 Å². The summed E-state index contributed by atoms with van der Waals surface area (Å²) in [5.41, 5.74) is 1.76. The number of nitrogens with zero attached hydrogens (tertiary/aromatic N) is 5. The molecule has 200 valence electrons. The van der Waals surface area contributed by atoms with Crippen molar-refractivity contribution in [2.24, 2.45) is 0 Å². The molecule has 0 bridgehead atoms. The molecule has 0 fully saturated rings. The summed E-state index contributed by atoms with van der Waals surface area (Å²) < 4.78 is 26.6. The zero-order valence-electron chi connectivity index (χ0n) is 22.2. The summed E-state index contributed by atoms with van der Waals surface area (Å²) in [5, 5.41) is 13.7. The number of aromatic nitrogens is 5. The monoisotopic (exact) mass is 520 g/mol. The van der Waals surface area contributed by atoms with Gasteiger partial charge in [0.1, 0.15) is 5.82 Å². The fourth-order valence-electron chi connectivity index (χ4n) is 4.81. The molecule has 1 aliphatic rings. The van der Waals surface area contributed by atoms with Crippen molar-refractivity contribution in [3.05, 3.63) is 75.6 Å². The molecule has 0 saturated carbocycles. The zero-order chi connectivity index (χ0) is 26.9. The highest BCUT2D eigenvalue weighted by Crippen LogP contribution is 2.36. The summed E-state index contributed by atoms with van der Waals surface area (Å²) in [7, 11) is 0. The van der Waals surface area contributed by atoms with Gasteiger partial charge in [0.05, 0.1) is 17.1 Å². The van der Waals surface area contributed by atoms with Gasteiger partial charge in [0.2, 0.25) is 6.79 Å². The number of ether oxygens (including phenoxy) is 2. The van der Waals surface area contributed by atoms with Crippen LogP contribution in [-0.4, -0.2) is 36.9 Å². The lowest BCUT2D eigenvalue weighted by Gasteiger charge is -2.33. The number of hydrogen-bond acceptors (Lipinski definition) is 7. The summed E-state index contributed by atoms with van der Waals surface area (Å²) in [6.45, 7) is 9.45. The van der Waals surface area contributed by atoms with E-state index in [4.69, 9.17) is 9.47 Å². The Morgan fingerprint density at radius 3 is 2.55 bits per heavy atom. The van der Waals surface area contributed by atoms with Crippen molar-refractivity contribution in [2.45, 2.75) is 71.6 Å². The molecular formula is C28H33FN6O3. The Kier molecular flexibility index (Phi) is 7.16. The van der Waals surface area contributed by atoms with Gasteiger partial charge in [-0.05, 0) is 66.9 Å². The first-order valence-corrected chi connectivity index (χ1v) is 13.0. The molecule has 2 aromatic heterocycles. The van der Waals surface area contributed by atoms with E-state index in [1.54, 1.807) is 18.2 Å². The number of rotatable bonds is 10. The molecule has 0 radical (unpaired) electrons. The van der Waals surface area contributed by atoms with Gasteiger partial charge in [-0.1, -0.05) is 32.4 Å². The smallest absolute Gasteiger partial charge is 0.252 e. The number of halogens is 1. The second kappa shape index (κ2) is 10.5. The third-order valence-corrected chi connectivity index (χ3v) is 7.32. The number of aromatic amines is 1. The number of benzene rings is 2. The number of hydrogen-bond donors (Lipinski definition) is 1. The highest BCUT2D eigenvalue weighted by molar-refractivity contribution is 5.83. The SMILES string of the molecule is CCCC(c1nnnn1C(C)(C)CC)N(Cc1ccc(F)cc1)Cc1cc2cc3c(cc2[nH]c1=O)OCO3. The first kappa shape index (κ1) is 25.8. The molecule has 2 aromatic carbocycles. The standard InChI is InChI=1S/C28H33FN6O3/c1-5-7-23(26-31-32-33-35(26)28(3,4)6-2)34(15-18-8-10-21(29)11-9-18)16-20-12-19-13-24-25(38-17-37-24)14-22(19)30-27(20)36/h8-14,23H,5-7,15-17H2,1-4H3,(H,30,36). The molecule has 0 spiro atoms. The molecule has 0 saturated heterocycles. The fourth-order valence-corrected chi connectivity index (χ4v) is 4.81. The van der Waals surface area contributed by atoms with Crippen LogP contribution in [0.3, 0.4) is 0 Å². The first-order valence-electron chi connectivity index (χ1n) is 13.0. The van der Waals surface area contributed by atoms with Crippen LogP contribution in [0.4, 0.5) is 4.39 Å². The third-order valence-electron chi connectivity index (χ3n) is 7.32. The topological polar surface area (TPSA) is 98.2 Å². The van der Waals surface area contributed by atoms with Crippen LogP contribution in [0.1, 0.15) is 70.0 Å². The van der Waals surface area contributed by atoms with Crippen molar-refractivity contribution >= 4 is 10.9 Å². The molecule has 1 atom stereocenters. The van der Waals surface area contributed by atoms with Crippen molar-refractivity contribution < 1.29 is 13.9 Å². The van der Waals surface area contributed by atoms with E-state index >= 15 is 0 Å². The van der Waals surface area contributed by atoms with E-state index in [2.05, 4.69) is 53.1 Å². The second-order valence-corrected chi connectivity index (χ2v) is 10.4. The third kappa shape index (κ3) is 5.13. The normalized spacial score (nSPS) is 13.9. The Labute approximate surface area is 220 Å². The van der Waals surface area contributed by atoms with Gasteiger partial charge in [-0.25, -0.2) is 9.07 Å². The molecule has 1 aliphatic heterocycles. The minimum Gasteiger partial charge on any atom is -0.454 e. The second-order valence-electron chi connectivity index (χ2n) is 10.4. The molecule has 4 aromatic rings. The number of H-pyrrole nitrogens is 1. The van der Waals surface area contributed by atoms with Gasteiger partial charge in [0, 0.05) is 30.1 Å². The molecule has 3 heterocycles. The van der Waals surface area contributed by atoms with Crippen LogP contribution in [0.5, 0.6) is 11.5 Å². The largest absolute Gasteiger partial charge is 0.454 e. The van der Waals surface area contributed by atoms with Crippen molar-refractivity contribution in [3.63, 3.8) is 0 Å². The first-order chi connectivity index (χ1) is 18.3. The van der Waals surface area contributed by atoms with Crippen molar-refractivity contribution in [1.82, 2.24) is 30.1 Å². The molecule has 5 rings (SSSR count). The van der Waals surface area contributed by atoms with Crippen LogP contribution in [0.15, 0.2) is 47.3 Å². The van der Waals surface area contributed by atoms with Gasteiger partial charge in [-0.2, -0.15) is 0 Å². The van der Waals surface area contributed by atoms with Crippen molar-refractivity contribution in [2.75, 3.05) is 6.79 Å². The Morgan fingerprint density at radius 1 is 1.11 bits per heavy atom. The van der Waals surface area contributed by atoms with Crippen LogP contribution < -0.4 is 15.0 Å². The minimum absolute atomic E-state index is 0.162. The molecule has 1 unspecified atom stereocenters. The molecule has 9 nitrogen and oxygen atoms in total. The van der Waals surface area contributed by atoms with Crippen LogP contribution in [0.25, 0.3) is 10.9 Å². The van der Waals surface area contributed by atoms with E-state index in [1.807, 2.05) is 16.8 Å². The summed E-state index contributed by atoms with van der Waals surface area (Å²) in [6.07, 6.45) is 2.52. The molecule has 0 amide bonds. The molecule has 0 aliphatic carbocycles. The lowest BCUT2D eigenvalue weighted by Crippen LogP contribution is -2.36. The minimum atomic E-state index is -0.288. The van der Waals surface area contributed by atoms with Gasteiger partial charge in [-0.15, -0.1) is 5.10 Å². The van der Waals surface area contributed by atoms with Gasteiger partial charge in [0.25, 0.3) is 5.56 Å². The quantitative estimate of drug-likeness (QED) is 0.312. The maximum Gasteiger partial charge on any atom is 0.252 e. The van der Waals surface area contributed by atoms with E-state index in [0.717, 1.165) is 36.0 Å². The van der Waals surface area contributed by atoms with Crippen LogP contribution in [0.2, 0.25) is 0 Å². The van der Waals surface area contributed by atoms with Gasteiger partial charge < -0.3 is 14.5 Å². The van der Waals surface area contributed by atoms with Crippen LogP contribution >= 0.6 is 0 Å². The maximum absolute atomic E-state index is 13.7. The van der Waals surface area contributed by atoms with E-state index < -0.39 is 0 Å². The maximum atomic E-state index is 13.7. The van der Waals surface area contributed by atoms with Gasteiger partial charge >= 0.3 is 0 Å². The average molecular weight is 521 g/mol. The van der Waals surface area contributed by atoms with Crippen LogP contribution in [-0.2, 0) is 18.6 Å². The molecule has 1 N–H and O–H groups in total. The highest BCUT2D eigenvalue weighted by atomic mass is 19.1. The predicted octanol–water partition coefficient (Wildman–Crippen LogP) is 5.07. The Bertz CT molecular complexity index is 1480. The summed E-state index contributed by atoms with van der Waals surface area (Å²) in [6, 6.07) is 11.9. The lowest BCUT2D eigenvalue weighted by atomic mass is 10.00. The average Bonchev–Trinajstić information content (AvgIpc) is 3.57. The van der Waals surface area contributed by atoms with Gasteiger partial charge in [0.15, 0.2) is 17.3 Å². The van der Waals surface area contributed by atoms with Crippen molar-refractivity contribution in [1.29, 1.82) is 0 Å². The van der Waals surface area contributed by atoms with E-state index in [-0.39, 0.29) is 29.8 Å². The number of fused-ring (bicyclic) bond motifs is 2. The predicted molar refractivity (Wildman–Crippen MR) is 141 cm³/mol. The molecule has 38 heavy (non-hydrogen) atoms. The number of tetrazole rings is 1. The summed E-state index contributed by atoms with van der Waals surface area (Å²) in [4.78, 5) is 18.5. The van der Waals surface area contributed by atoms with Crippen molar-refractivity contribution in [3.8, 4) is 11.5 Å². The highest BCUT2D eigenvalue weighted by Gasteiger charge is 2.31. The number of pyridine rings is 1. The van der Waals surface area contributed by atoms with Gasteiger partial charge in [-0.3, -0.25) is 9.69 Å². The zero-order valence-corrected chi connectivity index (χ0v) is 22.2. The molecule has 10 heteroatoms. The van der Waals surface area contributed by atoms with E-state index in [0.29, 0.717) is 35.7 Å². The Balaban J connectivity index is 1.57. The summed E-state index contributed by atoms with van der Waals surface area (Å²) >= 11 is 0. The lowest BCUT2D eigenvalue weighted by molar-refractivity contribution is 0.145. The summed E-state index contributed by atoms with van der Waals surface area (Å²) in [5.74, 6) is 1.74. The van der Waals surface area contributed by atoms with E-state index in [9.17, 15) is 9.18 Å². The number of nitrogens with one attached hydrogen (secondary N) is 1. The Hall–Kier alpha value is -3.79. The fraction of sp³-hybridized carbons (Fsp3) is 0.429. The Morgan fingerprint density at radius 2 is 1.84 bits per heavy atom.